The summed E-state index contributed by atoms with van der Waals surface area (Å²) in [6.07, 6.45) is 2.40. The Morgan fingerprint density at radius 2 is 2.22 bits per heavy atom. The molecule has 0 saturated heterocycles. The first-order valence-electron chi connectivity index (χ1n) is 5.84. The molecule has 1 aromatic carbocycles. The summed E-state index contributed by atoms with van der Waals surface area (Å²) in [5, 5.41) is 11.4. The topological polar surface area (TPSA) is 76.0 Å². The Hall–Kier alpha value is -2.17. The van der Waals surface area contributed by atoms with E-state index in [1.807, 2.05) is 13.8 Å². The number of carbonyl (C=O) groups is 1. The van der Waals surface area contributed by atoms with Crippen LogP contribution in [0.2, 0.25) is 0 Å². The molecule has 0 saturated carbocycles. The number of non-ortho nitro benzene ring substituents is 1. The maximum Gasteiger partial charge on any atom is 0.271 e. The van der Waals surface area contributed by atoms with Crippen LogP contribution in [-0.2, 0) is 0 Å². The van der Waals surface area contributed by atoms with Crippen molar-refractivity contribution >= 4 is 22.4 Å². The number of benzene rings is 1. The molecule has 1 heterocycles. The van der Waals surface area contributed by atoms with E-state index in [-0.39, 0.29) is 17.4 Å². The van der Waals surface area contributed by atoms with Crippen LogP contribution < -0.4 is 0 Å². The average molecular weight is 246 g/mol. The van der Waals surface area contributed by atoms with Gasteiger partial charge in [-0.3, -0.25) is 14.9 Å². The highest BCUT2D eigenvalue weighted by atomic mass is 16.6. The van der Waals surface area contributed by atoms with E-state index >= 15 is 0 Å². The number of nitro benzene ring substituents is 1. The summed E-state index contributed by atoms with van der Waals surface area (Å²) in [4.78, 5) is 25.3. The molecule has 0 fully saturated rings. The van der Waals surface area contributed by atoms with Gasteiger partial charge in [0.15, 0.2) is 5.78 Å². The number of H-pyrrole nitrogens is 1. The van der Waals surface area contributed by atoms with Crippen molar-refractivity contribution in [3.8, 4) is 0 Å². The molecule has 18 heavy (non-hydrogen) atoms. The molecule has 0 aliphatic rings. The third-order valence-corrected chi connectivity index (χ3v) is 3.20. The zero-order valence-corrected chi connectivity index (χ0v) is 10.3. The Bertz CT molecular complexity index is 616. The number of nitrogens with zero attached hydrogens (tertiary/aromatic N) is 1. The third-order valence-electron chi connectivity index (χ3n) is 3.20. The van der Waals surface area contributed by atoms with E-state index in [2.05, 4.69) is 4.98 Å². The van der Waals surface area contributed by atoms with Gasteiger partial charge in [-0.25, -0.2) is 0 Å². The summed E-state index contributed by atoms with van der Waals surface area (Å²) < 4.78 is 0. The number of aromatic amines is 1. The summed E-state index contributed by atoms with van der Waals surface area (Å²) in [5.41, 5.74) is 1.25. The third kappa shape index (κ3) is 1.99. The van der Waals surface area contributed by atoms with E-state index < -0.39 is 4.92 Å². The van der Waals surface area contributed by atoms with Gasteiger partial charge in [0, 0.05) is 35.2 Å². The fourth-order valence-electron chi connectivity index (χ4n) is 1.88. The number of carbonyl (C=O) groups excluding carboxylic acids is 1. The van der Waals surface area contributed by atoms with Crippen molar-refractivity contribution in [2.45, 2.75) is 20.3 Å². The standard InChI is InChI=1S/C13H14N2O3/c1-3-8(2)13(16)11-7-14-12-6-9(15(17)18)4-5-10(11)12/h4-8,14H,3H2,1-2H3. The van der Waals surface area contributed by atoms with Crippen molar-refractivity contribution in [1.82, 2.24) is 4.98 Å². The molecule has 0 aliphatic carbocycles. The molecule has 1 aromatic heterocycles. The number of hydrogen-bond donors (Lipinski definition) is 1. The predicted octanol–water partition coefficient (Wildman–Crippen LogP) is 3.30. The van der Waals surface area contributed by atoms with Crippen molar-refractivity contribution < 1.29 is 9.72 Å². The summed E-state index contributed by atoms with van der Waals surface area (Å²) in [7, 11) is 0. The SMILES string of the molecule is CCC(C)C(=O)c1c[nH]c2cc([N+](=O)[O-])ccc12. The van der Waals surface area contributed by atoms with Gasteiger partial charge in [0.2, 0.25) is 0 Å². The average Bonchev–Trinajstić information content (AvgIpc) is 2.79. The molecule has 1 atom stereocenters. The number of fused-ring (bicyclic) bond motifs is 1. The molecule has 2 aromatic rings. The molecule has 94 valence electrons. The zero-order valence-electron chi connectivity index (χ0n) is 10.3. The van der Waals surface area contributed by atoms with Gasteiger partial charge in [0.05, 0.1) is 10.4 Å². The number of rotatable bonds is 4. The molecule has 0 aliphatic heterocycles. The first kappa shape index (κ1) is 12.3. The van der Waals surface area contributed by atoms with Crippen molar-refractivity contribution in [2.24, 2.45) is 5.92 Å². The van der Waals surface area contributed by atoms with E-state index in [9.17, 15) is 14.9 Å². The molecule has 2 rings (SSSR count). The number of ketones is 1. The summed E-state index contributed by atoms with van der Waals surface area (Å²) in [6, 6.07) is 4.49. The number of aromatic nitrogens is 1. The maximum absolute atomic E-state index is 12.1. The van der Waals surface area contributed by atoms with Crippen LogP contribution in [0.5, 0.6) is 0 Å². The van der Waals surface area contributed by atoms with Crippen molar-refractivity contribution in [3.05, 3.63) is 40.1 Å². The van der Waals surface area contributed by atoms with Gasteiger partial charge in [-0.2, -0.15) is 0 Å². The van der Waals surface area contributed by atoms with Gasteiger partial charge in [0.1, 0.15) is 0 Å². The molecule has 5 heteroatoms. The van der Waals surface area contributed by atoms with Crippen molar-refractivity contribution in [2.75, 3.05) is 0 Å². The monoisotopic (exact) mass is 246 g/mol. The van der Waals surface area contributed by atoms with E-state index in [1.165, 1.54) is 12.1 Å². The van der Waals surface area contributed by atoms with Crippen molar-refractivity contribution in [3.63, 3.8) is 0 Å². The van der Waals surface area contributed by atoms with Crippen LogP contribution in [0.15, 0.2) is 24.4 Å². The highest BCUT2D eigenvalue weighted by Crippen LogP contribution is 2.25. The molecular formula is C13H14N2O3. The number of nitro groups is 1. The second kappa shape index (κ2) is 4.60. The second-order valence-electron chi connectivity index (χ2n) is 4.36. The van der Waals surface area contributed by atoms with Gasteiger partial charge in [-0.15, -0.1) is 0 Å². The van der Waals surface area contributed by atoms with E-state index in [4.69, 9.17) is 0 Å². The van der Waals surface area contributed by atoms with Crippen LogP contribution in [0.4, 0.5) is 5.69 Å². The lowest BCUT2D eigenvalue weighted by Crippen LogP contribution is -2.09. The number of hydrogen-bond acceptors (Lipinski definition) is 3. The Labute approximate surface area is 104 Å². The molecule has 5 nitrogen and oxygen atoms in total. The van der Waals surface area contributed by atoms with Gasteiger partial charge >= 0.3 is 0 Å². The molecular weight excluding hydrogens is 232 g/mol. The van der Waals surface area contributed by atoms with Crippen LogP contribution in [0.3, 0.4) is 0 Å². The van der Waals surface area contributed by atoms with Gasteiger partial charge in [-0.1, -0.05) is 13.8 Å². The summed E-state index contributed by atoms with van der Waals surface area (Å²) in [6.45, 7) is 3.84. The lowest BCUT2D eigenvalue weighted by Gasteiger charge is -2.05. The maximum atomic E-state index is 12.1. The molecule has 0 amide bonds. The normalized spacial score (nSPS) is 12.6. The fraction of sp³-hybridized carbons (Fsp3) is 0.308. The minimum atomic E-state index is -0.448. The first-order chi connectivity index (χ1) is 8.54. The van der Waals surface area contributed by atoms with E-state index in [0.29, 0.717) is 11.1 Å². The minimum Gasteiger partial charge on any atom is -0.360 e. The van der Waals surface area contributed by atoms with Crippen LogP contribution in [0.25, 0.3) is 10.9 Å². The number of nitrogens with one attached hydrogen (secondary N) is 1. The van der Waals surface area contributed by atoms with Crippen LogP contribution >= 0.6 is 0 Å². The highest BCUT2D eigenvalue weighted by Gasteiger charge is 2.18. The molecule has 1 N–H and O–H groups in total. The molecule has 0 bridgehead atoms. The van der Waals surface area contributed by atoms with Gasteiger partial charge in [0.25, 0.3) is 5.69 Å². The smallest absolute Gasteiger partial charge is 0.271 e. The van der Waals surface area contributed by atoms with Crippen LogP contribution in [-0.4, -0.2) is 15.7 Å². The first-order valence-corrected chi connectivity index (χ1v) is 5.84. The second-order valence-corrected chi connectivity index (χ2v) is 4.36. The Morgan fingerprint density at radius 1 is 1.50 bits per heavy atom. The largest absolute Gasteiger partial charge is 0.360 e. The van der Waals surface area contributed by atoms with Gasteiger partial charge in [-0.05, 0) is 12.5 Å². The minimum absolute atomic E-state index is 0.0203. The number of Topliss-reactive ketones (excluding diaryl/α,β-unsaturated/α-hetero) is 1. The zero-order chi connectivity index (χ0) is 13.3. The van der Waals surface area contributed by atoms with Crippen molar-refractivity contribution in [1.29, 1.82) is 0 Å². The molecule has 0 radical (unpaired) electrons. The molecule has 1 unspecified atom stereocenters. The quantitative estimate of drug-likeness (QED) is 0.510. The Kier molecular flexibility index (Phi) is 3.14. The fourth-order valence-corrected chi connectivity index (χ4v) is 1.88. The Morgan fingerprint density at radius 3 is 2.83 bits per heavy atom. The Balaban J connectivity index is 2.49. The summed E-state index contributed by atoms with van der Waals surface area (Å²) >= 11 is 0. The summed E-state index contributed by atoms with van der Waals surface area (Å²) in [5.74, 6) is 0.0248. The lowest BCUT2D eigenvalue weighted by atomic mass is 9.97. The highest BCUT2D eigenvalue weighted by molar-refractivity contribution is 6.09. The molecule has 0 spiro atoms. The lowest BCUT2D eigenvalue weighted by molar-refractivity contribution is -0.384. The van der Waals surface area contributed by atoms with E-state index in [1.54, 1.807) is 12.3 Å². The van der Waals surface area contributed by atoms with Gasteiger partial charge < -0.3 is 4.98 Å². The van der Waals surface area contributed by atoms with Crippen LogP contribution in [0.1, 0.15) is 30.6 Å². The van der Waals surface area contributed by atoms with E-state index in [0.717, 1.165) is 11.8 Å². The van der Waals surface area contributed by atoms with Crippen LogP contribution in [0, 0.1) is 16.0 Å². The predicted molar refractivity (Wildman–Crippen MR) is 68.7 cm³/mol.